The maximum atomic E-state index is 12.5. The Labute approximate surface area is 396 Å². The molecule has 0 aromatic carbocycles. The van der Waals surface area contributed by atoms with Crippen molar-refractivity contribution in [3.8, 4) is 0 Å². The van der Waals surface area contributed by atoms with E-state index in [1.807, 2.05) is 13.8 Å². The number of hydrogen-bond acceptors (Lipinski definition) is 19. The molecule has 0 radical (unpaired) electrons. The summed E-state index contributed by atoms with van der Waals surface area (Å²) in [7, 11) is 0. The van der Waals surface area contributed by atoms with E-state index in [4.69, 9.17) is 28.4 Å². The Balaban J connectivity index is 1.08. The monoisotopic (exact) mass is 975 g/mol. The van der Waals surface area contributed by atoms with Gasteiger partial charge in [-0.3, -0.25) is 0 Å². The first-order valence-corrected chi connectivity index (χ1v) is 24.5. The van der Waals surface area contributed by atoms with Crippen molar-refractivity contribution >= 4 is 5.97 Å². The molecule has 4 saturated carbocycles. The van der Waals surface area contributed by atoms with Crippen molar-refractivity contribution in [2.24, 2.45) is 50.2 Å². The fourth-order valence-electron chi connectivity index (χ4n) is 15.2. The van der Waals surface area contributed by atoms with Crippen LogP contribution in [0.25, 0.3) is 0 Å². The Morgan fingerprint density at radius 3 is 1.90 bits per heavy atom. The van der Waals surface area contributed by atoms with Crippen LogP contribution in [0, 0.1) is 50.2 Å². The Morgan fingerprint density at radius 1 is 0.647 bits per heavy atom. The van der Waals surface area contributed by atoms with Gasteiger partial charge in [0.2, 0.25) is 0 Å². The molecule has 0 amide bonds. The minimum absolute atomic E-state index is 0.0531. The zero-order valence-corrected chi connectivity index (χ0v) is 40.2. The average Bonchev–Trinajstić information content (AvgIpc) is 3.30. The van der Waals surface area contributed by atoms with Crippen molar-refractivity contribution in [3.63, 3.8) is 0 Å². The predicted octanol–water partition coefficient (Wildman–Crippen LogP) is -1.35. The number of fused-ring (bicyclic) bond motifs is 7. The highest BCUT2D eigenvalue weighted by Gasteiger charge is 2.71. The van der Waals surface area contributed by atoms with Gasteiger partial charge in [-0.2, -0.15) is 0 Å². The highest BCUT2D eigenvalue weighted by molar-refractivity contribution is 5.73. The van der Waals surface area contributed by atoms with Crippen LogP contribution in [0.2, 0.25) is 0 Å². The molecule has 0 aromatic rings. The first kappa shape index (κ1) is 52.8. The van der Waals surface area contributed by atoms with Crippen LogP contribution < -0.4 is 0 Å². The number of carboxylic acid groups (broad SMARTS) is 1. The van der Waals surface area contributed by atoms with Crippen molar-refractivity contribution < 1.29 is 99.6 Å². The second kappa shape index (κ2) is 18.5. The van der Waals surface area contributed by atoms with E-state index < -0.39 is 139 Å². The lowest BCUT2D eigenvalue weighted by Crippen LogP contribution is -2.69. The second-order valence-electron chi connectivity index (χ2n) is 23.4. The van der Waals surface area contributed by atoms with Crippen LogP contribution in [-0.2, 0) is 33.2 Å². The van der Waals surface area contributed by atoms with Gasteiger partial charge >= 0.3 is 5.97 Å². The highest BCUT2D eigenvalue weighted by atomic mass is 16.8. The van der Waals surface area contributed by atoms with Gasteiger partial charge in [0.25, 0.3) is 0 Å². The van der Waals surface area contributed by atoms with Crippen LogP contribution in [0.4, 0.5) is 0 Å². The summed E-state index contributed by atoms with van der Waals surface area (Å²) in [5.41, 5.74) is -2.01. The van der Waals surface area contributed by atoms with Gasteiger partial charge in [-0.05, 0) is 92.3 Å². The maximum Gasteiger partial charge on any atom is 0.335 e. The fourth-order valence-corrected chi connectivity index (χ4v) is 15.2. The van der Waals surface area contributed by atoms with Crippen molar-refractivity contribution in [2.45, 2.75) is 210 Å². The zero-order chi connectivity index (χ0) is 50.0. The van der Waals surface area contributed by atoms with E-state index in [1.54, 1.807) is 0 Å². The third kappa shape index (κ3) is 7.81. The SMILES string of the molecule is C[C@@H]1O[C@@H](O[C@H]2[C@H](O[C@H]3[C@H](O[C@H]4CC[C@@]5(C)C(CC[C@]6(C)C5CC=C5C7C[C@](C)(CO)[C@@H](O)[C@H](O)[C@]7(C)CC[C@]56C)[C@@]4(C)CO)O[C@H](C(=O)O)[C@@H](O)[C@@H]3O)O[C@H](CO)[C@@H](O)[C@@H]2O)[C@H](O)[C@H](O)[C@H]1O. The molecule has 20 nitrogen and oxygen atoms in total. The molecule has 3 heterocycles. The molecule has 8 aliphatic rings. The number of hydrogen-bond donors (Lipinski definition) is 13. The largest absolute Gasteiger partial charge is 0.479 e. The Hall–Kier alpha value is -1.51. The molecule has 13 N–H and O–H groups in total. The number of aliphatic hydroxyl groups is 12. The molecule has 3 aliphatic heterocycles. The molecule has 7 fully saturated rings. The van der Waals surface area contributed by atoms with Crippen LogP contribution in [0.15, 0.2) is 11.6 Å². The lowest BCUT2D eigenvalue weighted by atomic mass is 9.33. The lowest BCUT2D eigenvalue weighted by Gasteiger charge is -2.72. The third-order valence-corrected chi connectivity index (χ3v) is 20.0. The number of aliphatic carboxylic acids is 1. The predicted molar refractivity (Wildman–Crippen MR) is 233 cm³/mol. The van der Waals surface area contributed by atoms with E-state index in [1.165, 1.54) is 12.5 Å². The van der Waals surface area contributed by atoms with Crippen LogP contribution >= 0.6 is 0 Å². The summed E-state index contributed by atoms with van der Waals surface area (Å²) >= 11 is 0. The molecule has 3 unspecified atom stereocenters. The molecule has 27 atom stereocenters. The number of allylic oxidation sites excluding steroid dienone is 2. The van der Waals surface area contributed by atoms with Gasteiger partial charge in [0.05, 0.1) is 44.2 Å². The molecule has 0 bridgehead atoms. The second-order valence-corrected chi connectivity index (χ2v) is 23.4. The minimum Gasteiger partial charge on any atom is -0.479 e. The number of carbonyl (C=O) groups is 1. The molecule has 20 heteroatoms. The van der Waals surface area contributed by atoms with E-state index in [0.717, 1.165) is 19.3 Å². The summed E-state index contributed by atoms with van der Waals surface area (Å²) in [6, 6.07) is 0. The summed E-state index contributed by atoms with van der Waals surface area (Å²) in [6.07, 6.45) is -22.0. The van der Waals surface area contributed by atoms with Gasteiger partial charge < -0.3 is 94.8 Å². The summed E-state index contributed by atoms with van der Waals surface area (Å²) in [4.78, 5) is 12.5. The van der Waals surface area contributed by atoms with Gasteiger partial charge in [-0.1, -0.05) is 53.2 Å². The normalized spacial score (nSPS) is 57.2. The van der Waals surface area contributed by atoms with Gasteiger partial charge in [0.1, 0.15) is 61.0 Å². The van der Waals surface area contributed by atoms with Crippen LogP contribution in [0.1, 0.15) is 99.8 Å². The first-order chi connectivity index (χ1) is 31.7. The first-order valence-electron chi connectivity index (χ1n) is 24.5. The molecule has 0 spiro atoms. The topological polar surface area (TPSA) is 335 Å². The smallest absolute Gasteiger partial charge is 0.335 e. The average molecular weight is 975 g/mol. The lowest BCUT2D eigenvalue weighted by molar-refractivity contribution is -0.396. The van der Waals surface area contributed by atoms with E-state index in [-0.39, 0.29) is 47.2 Å². The van der Waals surface area contributed by atoms with E-state index in [2.05, 4.69) is 33.8 Å². The molecule has 8 rings (SSSR count). The molecule has 0 aromatic heterocycles. The number of ether oxygens (including phenoxy) is 6. The highest BCUT2D eigenvalue weighted by Crippen LogP contribution is 2.76. The summed E-state index contributed by atoms with van der Waals surface area (Å²) in [6.45, 7) is 12.8. The summed E-state index contributed by atoms with van der Waals surface area (Å²) in [5, 5.41) is 142. The van der Waals surface area contributed by atoms with Gasteiger partial charge in [0, 0.05) is 16.2 Å². The zero-order valence-electron chi connectivity index (χ0n) is 40.2. The molecule has 5 aliphatic carbocycles. The maximum absolute atomic E-state index is 12.5. The van der Waals surface area contributed by atoms with Crippen molar-refractivity contribution in [1.29, 1.82) is 0 Å². The summed E-state index contributed by atoms with van der Waals surface area (Å²) in [5.74, 6) is -1.69. The van der Waals surface area contributed by atoms with Gasteiger partial charge in [-0.25, -0.2) is 4.79 Å². The third-order valence-electron chi connectivity index (χ3n) is 20.0. The van der Waals surface area contributed by atoms with Crippen LogP contribution in [0.3, 0.4) is 0 Å². The van der Waals surface area contributed by atoms with Crippen molar-refractivity contribution in [1.82, 2.24) is 0 Å². The van der Waals surface area contributed by atoms with Crippen molar-refractivity contribution in [3.05, 3.63) is 11.6 Å². The van der Waals surface area contributed by atoms with Crippen LogP contribution in [-0.4, -0.2) is 203 Å². The number of aliphatic hydroxyl groups excluding tert-OH is 12. The fraction of sp³-hybridized carbons (Fsp3) is 0.938. The molecule has 390 valence electrons. The molecule has 3 saturated heterocycles. The van der Waals surface area contributed by atoms with E-state index >= 15 is 0 Å². The van der Waals surface area contributed by atoms with Crippen molar-refractivity contribution in [2.75, 3.05) is 19.8 Å². The summed E-state index contributed by atoms with van der Waals surface area (Å²) < 4.78 is 36.1. The Bertz CT molecular complexity index is 1880. The Kier molecular flexibility index (Phi) is 14.3. The minimum atomic E-state index is -2.09. The molecular weight excluding hydrogens is 897 g/mol. The number of rotatable bonds is 10. The molecular formula is C48H78O20. The number of carboxylic acids is 1. The van der Waals surface area contributed by atoms with Crippen LogP contribution in [0.5, 0.6) is 0 Å². The quantitative estimate of drug-likeness (QED) is 0.0889. The van der Waals surface area contributed by atoms with E-state index in [0.29, 0.717) is 32.1 Å². The van der Waals surface area contributed by atoms with Gasteiger partial charge in [0.15, 0.2) is 25.0 Å². The molecule has 68 heavy (non-hydrogen) atoms. The van der Waals surface area contributed by atoms with E-state index in [9.17, 15) is 71.2 Å². The Morgan fingerprint density at radius 2 is 1.28 bits per heavy atom. The van der Waals surface area contributed by atoms with Gasteiger partial charge in [-0.15, -0.1) is 0 Å². The standard InChI is InChI=1S/C48H78O20/c1-20-27(52)29(54)33(58)40(63-20)67-35-30(55)28(53)23(17-49)64-41(35)68-36-32(57)31(56)34(39(61)62)66-42(36)65-26-11-12-45(4)24(46(26,5)19-51)10-13-48(7)25(45)9-8-21-22-16-43(2,18-50)37(59)38(60)44(22,3)14-15-47(21,48)6/h8,20,22-38,40-42,49-60H,9-19H2,1-7H3,(H,61,62)/t20-,22?,23+,24?,25?,26-,27-,28+,29+,30-,31-,32-,33+,34-,35+,36+,37-,38-,40-,41-,42+,43+,44+,45-,46+,47+,48+/m0/s1.